The molecule has 0 atom stereocenters. The minimum Gasteiger partial charge on any atom is -0.481 e. The Morgan fingerprint density at radius 3 is 2.81 bits per heavy atom. The van der Waals surface area contributed by atoms with E-state index < -0.39 is 11.4 Å². The van der Waals surface area contributed by atoms with Gasteiger partial charge in [0.05, 0.1) is 18.2 Å². The summed E-state index contributed by atoms with van der Waals surface area (Å²) >= 11 is 0. The average Bonchev–Trinajstić information content (AvgIpc) is 2.65. The van der Waals surface area contributed by atoms with E-state index in [4.69, 9.17) is 4.74 Å². The highest BCUT2D eigenvalue weighted by Crippen LogP contribution is 2.32. The molecule has 5 nitrogen and oxygen atoms in total. The van der Waals surface area contributed by atoms with E-state index in [2.05, 4.69) is 5.10 Å². The van der Waals surface area contributed by atoms with E-state index in [0.29, 0.717) is 32.6 Å². The van der Waals surface area contributed by atoms with Crippen LogP contribution >= 0.6 is 0 Å². The summed E-state index contributed by atoms with van der Waals surface area (Å²) in [5, 5.41) is 13.5. The minimum absolute atomic E-state index is 0.430. The van der Waals surface area contributed by atoms with Gasteiger partial charge in [0.2, 0.25) is 0 Å². The Hall–Kier alpha value is -1.36. The van der Waals surface area contributed by atoms with Gasteiger partial charge >= 0.3 is 5.97 Å². The second kappa shape index (κ2) is 4.25. The minimum atomic E-state index is -0.746. The lowest BCUT2D eigenvalue weighted by atomic mass is 9.80. The zero-order chi connectivity index (χ0) is 11.6. The Morgan fingerprint density at radius 2 is 2.31 bits per heavy atom. The molecule has 2 heterocycles. The van der Waals surface area contributed by atoms with Gasteiger partial charge in [-0.15, -0.1) is 0 Å². The zero-order valence-electron chi connectivity index (χ0n) is 9.35. The van der Waals surface area contributed by atoms with E-state index in [1.807, 2.05) is 13.1 Å². The van der Waals surface area contributed by atoms with Crippen molar-refractivity contribution < 1.29 is 14.6 Å². The molecule has 1 aliphatic heterocycles. The smallest absolute Gasteiger partial charge is 0.311 e. The van der Waals surface area contributed by atoms with Crippen molar-refractivity contribution in [1.29, 1.82) is 0 Å². The van der Waals surface area contributed by atoms with Crippen LogP contribution in [-0.4, -0.2) is 34.1 Å². The number of rotatable bonds is 3. The number of carboxylic acids is 1. The van der Waals surface area contributed by atoms with Crippen molar-refractivity contribution in [3.63, 3.8) is 0 Å². The van der Waals surface area contributed by atoms with E-state index in [1.165, 1.54) is 0 Å². The molecule has 1 saturated heterocycles. The summed E-state index contributed by atoms with van der Waals surface area (Å²) in [7, 11) is 0. The van der Waals surface area contributed by atoms with Crippen molar-refractivity contribution in [2.24, 2.45) is 5.41 Å². The number of nitrogens with zero attached hydrogens (tertiary/aromatic N) is 2. The molecule has 0 aliphatic carbocycles. The number of aryl methyl sites for hydroxylation is 1. The lowest BCUT2D eigenvalue weighted by Gasteiger charge is -2.32. The van der Waals surface area contributed by atoms with Gasteiger partial charge in [0.25, 0.3) is 0 Å². The third kappa shape index (κ3) is 2.09. The van der Waals surface area contributed by atoms with Gasteiger partial charge in [-0.1, -0.05) is 0 Å². The highest BCUT2D eigenvalue weighted by atomic mass is 16.5. The fourth-order valence-electron chi connectivity index (χ4n) is 2.07. The van der Waals surface area contributed by atoms with E-state index in [9.17, 15) is 9.90 Å². The van der Waals surface area contributed by atoms with Crippen LogP contribution in [0.2, 0.25) is 0 Å². The SMILES string of the molecule is Cc1cnn(CC2(C(=O)O)CCOCC2)c1. The van der Waals surface area contributed by atoms with Crippen LogP contribution in [0.3, 0.4) is 0 Å². The molecule has 1 aromatic heterocycles. The molecular weight excluding hydrogens is 208 g/mol. The molecule has 0 saturated carbocycles. The molecule has 0 spiro atoms. The Morgan fingerprint density at radius 1 is 1.62 bits per heavy atom. The number of carbonyl (C=O) groups is 1. The Kier molecular flexibility index (Phi) is 2.96. The van der Waals surface area contributed by atoms with E-state index in [-0.39, 0.29) is 0 Å². The molecule has 0 unspecified atom stereocenters. The van der Waals surface area contributed by atoms with Gasteiger partial charge in [0.1, 0.15) is 0 Å². The normalized spacial score (nSPS) is 19.6. The second-order valence-corrected chi connectivity index (χ2v) is 4.41. The molecule has 88 valence electrons. The first-order valence-corrected chi connectivity index (χ1v) is 5.43. The molecule has 1 N–H and O–H groups in total. The molecule has 5 heteroatoms. The number of aliphatic carboxylic acids is 1. The maximum absolute atomic E-state index is 11.4. The van der Waals surface area contributed by atoms with Gasteiger partial charge in [-0.05, 0) is 25.3 Å². The number of aromatic nitrogens is 2. The van der Waals surface area contributed by atoms with Gasteiger partial charge in [0.15, 0.2) is 0 Å². The summed E-state index contributed by atoms with van der Waals surface area (Å²) in [6.07, 6.45) is 4.73. The molecule has 1 aliphatic rings. The first-order chi connectivity index (χ1) is 7.62. The van der Waals surface area contributed by atoms with Gasteiger partial charge in [-0.3, -0.25) is 9.48 Å². The van der Waals surface area contributed by atoms with Crippen molar-refractivity contribution in [2.75, 3.05) is 13.2 Å². The highest BCUT2D eigenvalue weighted by molar-refractivity contribution is 5.74. The van der Waals surface area contributed by atoms with Crippen molar-refractivity contribution in [3.8, 4) is 0 Å². The molecular formula is C11H16N2O3. The maximum Gasteiger partial charge on any atom is 0.311 e. The average molecular weight is 224 g/mol. The van der Waals surface area contributed by atoms with E-state index in [0.717, 1.165) is 5.56 Å². The van der Waals surface area contributed by atoms with E-state index >= 15 is 0 Å². The third-order valence-electron chi connectivity index (χ3n) is 3.13. The summed E-state index contributed by atoms with van der Waals surface area (Å²) in [4.78, 5) is 11.4. The second-order valence-electron chi connectivity index (χ2n) is 4.41. The van der Waals surface area contributed by atoms with Crippen molar-refractivity contribution >= 4 is 5.97 Å². The van der Waals surface area contributed by atoms with Crippen LogP contribution in [0.15, 0.2) is 12.4 Å². The number of carboxylic acid groups (broad SMARTS) is 1. The first kappa shape index (κ1) is 11.1. The predicted molar refractivity (Wildman–Crippen MR) is 57.1 cm³/mol. The summed E-state index contributed by atoms with van der Waals surface area (Å²) in [5.41, 5.74) is 0.337. The molecule has 0 bridgehead atoms. The Balaban J connectivity index is 2.16. The molecule has 0 radical (unpaired) electrons. The number of hydrogen-bond acceptors (Lipinski definition) is 3. The molecule has 2 rings (SSSR count). The van der Waals surface area contributed by atoms with Gasteiger partial charge in [0, 0.05) is 19.4 Å². The van der Waals surface area contributed by atoms with Crippen LogP contribution < -0.4 is 0 Å². The fraction of sp³-hybridized carbons (Fsp3) is 0.636. The maximum atomic E-state index is 11.4. The standard InChI is InChI=1S/C11H16N2O3/c1-9-6-12-13(7-9)8-11(10(14)15)2-4-16-5-3-11/h6-7H,2-5,8H2,1H3,(H,14,15). The lowest BCUT2D eigenvalue weighted by molar-refractivity contribution is -0.156. The van der Waals surface area contributed by atoms with Crippen LogP contribution in [0.25, 0.3) is 0 Å². The predicted octanol–water partition coefficient (Wildman–Crippen LogP) is 1.07. The van der Waals surface area contributed by atoms with Gasteiger partial charge < -0.3 is 9.84 Å². The van der Waals surface area contributed by atoms with Crippen LogP contribution in [-0.2, 0) is 16.1 Å². The topological polar surface area (TPSA) is 64.4 Å². The number of ether oxygens (including phenoxy) is 1. The summed E-state index contributed by atoms with van der Waals surface area (Å²) < 4.78 is 6.94. The molecule has 1 fully saturated rings. The van der Waals surface area contributed by atoms with Crippen LogP contribution in [0.4, 0.5) is 0 Å². The van der Waals surface area contributed by atoms with Crippen LogP contribution in [0.1, 0.15) is 18.4 Å². The summed E-state index contributed by atoms with van der Waals surface area (Å²) in [6, 6.07) is 0. The largest absolute Gasteiger partial charge is 0.481 e. The third-order valence-corrected chi connectivity index (χ3v) is 3.13. The van der Waals surface area contributed by atoms with Crippen molar-refractivity contribution in [3.05, 3.63) is 18.0 Å². The van der Waals surface area contributed by atoms with Crippen LogP contribution in [0, 0.1) is 12.3 Å². The van der Waals surface area contributed by atoms with Gasteiger partial charge in [-0.25, -0.2) is 0 Å². The zero-order valence-corrected chi connectivity index (χ0v) is 9.35. The summed E-state index contributed by atoms with van der Waals surface area (Å²) in [6.45, 7) is 3.42. The van der Waals surface area contributed by atoms with E-state index in [1.54, 1.807) is 10.9 Å². The first-order valence-electron chi connectivity index (χ1n) is 5.43. The molecule has 16 heavy (non-hydrogen) atoms. The Labute approximate surface area is 94.0 Å². The molecule has 0 amide bonds. The number of hydrogen-bond donors (Lipinski definition) is 1. The molecule has 0 aromatic carbocycles. The van der Waals surface area contributed by atoms with Crippen LogP contribution in [0.5, 0.6) is 0 Å². The quantitative estimate of drug-likeness (QED) is 0.834. The monoisotopic (exact) mass is 224 g/mol. The summed E-state index contributed by atoms with van der Waals surface area (Å²) in [5.74, 6) is -0.746. The highest BCUT2D eigenvalue weighted by Gasteiger charge is 2.40. The van der Waals surface area contributed by atoms with Gasteiger partial charge in [-0.2, -0.15) is 5.10 Å². The lowest BCUT2D eigenvalue weighted by Crippen LogP contribution is -2.40. The Bertz CT molecular complexity index is 380. The molecule has 1 aromatic rings. The van der Waals surface area contributed by atoms with Crippen molar-refractivity contribution in [2.45, 2.75) is 26.3 Å². The fourth-order valence-corrected chi connectivity index (χ4v) is 2.07. The van der Waals surface area contributed by atoms with Crippen molar-refractivity contribution in [1.82, 2.24) is 9.78 Å².